The molecule has 0 fully saturated rings. The molecule has 0 radical (unpaired) electrons. The van der Waals surface area contributed by atoms with Gasteiger partial charge in [0, 0.05) is 16.6 Å². The molecule has 1 N–H and O–H groups in total. The van der Waals surface area contributed by atoms with Gasteiger partial charge in [-0.1, -0.05) is 18.2 Å². The predicted octanol–water partition coefficient (Wildman–Crippen LogP) is 4.41. The van der Waals surface area contributed by atoms with Crippen LogP contribution in [0.2, 0.25) is 0 Å². The van der Waals surface area contributed by atoms with Crippen molar-refractivity contribution in [1.82, 2.24) is 19.9 Å². The number of benzene rings is 1. The normalized spacial score (nSPS) is 11.7. The first kappa shape index (κ1) is 18.2. The molecule has 0 aliphatic rings. The van der Waals surface area contributed by atoms with Gasteiger partial charge in [0.05, 0.1) is 17.7 Å². The minimum absolute atomic E-state index is 0.262. The molecule has 5 nitrogen and oxygen atoms in total. The van der Waals surface area contributed by atoms with Gasteiger partial charge in [-0.05, 0) is 35.7 Å². The first-order chi connectivity index (χ1) is 13.4. The van der Waals surface area contributed by atoms with E-state index in [2.05, 4.69) is 15.5 Å². The van der Waals surface area contributed by atoms with Crippen LogP contribution in [0, 0.1) is 0 Å². The van der Waals surface area contributed by atoms with Crippen LogP contribution in [0.1, 0.15) is 20.8 Å². The van der Waals surface area contributed by atoms with E-state index in [0.717, 1.165) is 17.0 Å². The SMILES string of the molecule is O=C(NCc1cccs1)c1ccc2nnc(-c3ccc(C(F)(F)F)cc3)n2c1. The van der Waals surface area contributed by atoms with Gasteiger partial charge in [0.15, 0.2) is 11.5 Å². The maximum atomic E-state index is 12.8. The molecule has 0 aliphatic heterocycles. The van der Waals surface area contributed by atoms with Crippen molar-refractivity contribution >= 4 is 22.9 Å². The first-order valence-electron chi connectivity index (χ1n) is 8.25. The van der Waals surface area contributed by atoms with Crippen molar-refractivity contribution in [3.8, 4) is 11.4 Å². The lowest BCUT2D eigenvalue weighted by molar-refractivity contribution is -0.137. The summed E-state index contributed by atoms with van der Waals surface area (Å²) in [7, 11) is 0. The lowest BCUT2D eigenvalue weighted by Crippen LogP contribution is -2.22. The Morgan fingerprint density at radius 3 is 2.54 bits per heavy atom. The molecule has 0 atom stereocenters. The smallest absolute Gasteiger partial charge is 0.347 e. The fourth-order valence-electron chi connectivity index (χ4n) is 2.71. The number of alkyl halides is 3. The predicted molar refractivity (Wildman–Crippen MR) is 98.9 cm³/mol. The van der Waals surface area contributed by atoms with Crippen molar-refractivity contribution in [2.75, 3.05) is 0 Å². The van der Waals surface area contributed by atoms with Crippen molar-refractivity contribution < 1.29 is 18.0 Å². The van der Waals surface area contributed by atoms with Crippen LogP contribution in [-0.4, -0.2) is 20.5 Å². The first-order valence-corrected chi connectivity index (χ1v) is 9.13. The molecule has 3 aromatic heterocycles. The standard InChI is InChI=1S/C19H13F3N4OS/c20-19(21,22)14-6-3-12(4-7-14)17-25-24-16-8-5-13(11-26(16)17)18(27)23-10-15-2-1-9-28-15/h1-9,11H,10H2,(H,23,27). The second kappa shape index (κ2) is 7.08. The van der Waals surface area contributed by atoms with Crippen molar-refractivity contribution in [1.29, 1.82) is 0 Å². The number of aromatic nitrogens is 3. The number of hydrogen-bond acceptors (Lipinski definition) is 4. The number of hydrogen-bond donors (Lipinski definition) is 1. The van der Waals surface area contributed by atoms with Crippen LogP contribution >= 0.6 is 11.3 Å². The fourth-order valence-corrected chi connectivity index (χ4v) is 3.36. The third-order valence-corrected chi connectivity index (χ3v) is 5.01. The number of nitrogens with one attached hydrogen (secondary N) is 1. The summed E-state index contributed by atoms with van der Waals surface area (Å²) in [6, 6.07) is 11.8. The number of carbonyl (C=O) groups is 1. The van der Waals surface area contributed by atoms with Crippen LogP contribution in [0.4, 0.5) is 13.2 Å². The third kappa shape index (κ3) is 3.61. The number of rotatable bonds is 4. The van der Waals surface area contributed by atoms with Crippen molar-refractivity contribution in [2.45, 2.75) is 12.7 Å². The highest BCUT2D eigenvalue weighted by Crippen LogP contribution is 2.30. The topological polar surface area (TPSA) is 59.3 Å². The summed E-state index contributed by atoms with van der Waals surface area (Å²) in [5, 5.41) is 12.8. The highest BCUT2D eigenvalue weighted by atomic mass is 32.1. The van der Waals surface area contributed by atoms with Crippen LogP contribution in [0.25, 0.3) is 17.0 Å². The maximum Gasteiger partial charge on any atom is 0.416 e. The zero-order valence-corrected chi connectivity index (χ0v) is 15.1. The Bertz CT molecular complexity index is 1120. The quantitative estimate of drug-likeness (QED) is 0.550. The van der Waals surface area contributed by atoms with E-state index in [1.807, 2.05) is 17.5 Å². The van der Waals surface area contributed by atoms with E-state index in [1.165, 1.54) is 12.1 Å². The van der Waals surface area contributed by atoms with Crippen LogP contribution in [0.3, 0.4) is 0 Å². The van der Waals surface area contributed by atoms with Crippen molar-refractivity contribution in [3.63, 3.8) is 0 Å². The summed E-state index contributed by atoms with van der Waals surface area (Å²) in [4.78, 5) is 13.5. The molecule has 28 heavy (non-hydrogen) atoms. The summed E-state index contributed by atoms with van der Waals surface area (Å²) < 4.78 is 39.8. The number of halogens is 3. The van der Waals surface area contributed by atoms with Gasteiger partial charge in [-0.25, -0.2) is 0 Å². The molecule has 142 valence electrons. The summed E-state index contributed by atoms with van der Waals surface area (Å²) in [6.07, 6.45) is -2.83. The minimum Gasteiger partial charge on any atom is -0.347 e. The average molecular weight is 402 g/mol. The molecule has 4 aromatic rings. The number of thiophene rings is 1. The molecular formula is C19H13F3N4OS. The van der Waals surface area contributed by atoms with Gasteiger partial charge in [0.25, 0.3) is 5.91 Å². The fraction of sp³-hybridized carbons (Fsp3) is 0.105. The molecule has 0 unspecified atom stereocenters. The summed E-state index contributed by atoms with van der Waals surface area (Å²) in [5.74, 6) is 0.0963. The Morgan fingerprint density at radius 2 is 1.86 bits per heavy atom. The minimum atomic E-state index is -4.40. The van der Waals surface area contributed by atoms with Crippen LogP contribution in [0.15, 0.2) is 60.1 Å². The number of amides is 1. The Kier molecular flexibility index (Phi) is 4.60. The Balaban J connectivity index is 1.62. The number of pyridine rings is 1. The molecule has 0 spiro atoms. The molecular weight excluding hydrogens is 389 g/mol. The molecule has 0 saturated carbocycles. The Morgan fingerprint density at radius 1 is 1.07 bits per heavy atom. The molecule has 1 aromatic carbocycles. The summed E-state index contributed by atoms with van der Waals surface area (Å²) >= 11 is 1.55. The molecule has 1 amide bonds. The molecule has 0 bridgehead atoms. The van der Waals surface area contributed by atoms with Crippen LogP contribution in [0.5, 0.6) is 0 Å². The highest BCUT2D eigenvalue weighted by molar-refractivity contribution is 7.09. The second-order valence-corrected chi connectivity index (χ2v) is 7.04. The van der Waals surface area contributed by atoms with Gasteiger partial charge >= 0.3 is 6.18 Å². The van der Waals surface area contributed by atoms with Gasteiger partial charge < -0.3 is 5.32 Å². The maximum absolute atomic E-state index is 12.8. The Labute approximate surface area is 161 Å². The number of carbonyl (C=O) groups excluding carboxylic acids is 1. The monoisotopic (exact) mass is 402 g/mol. The van der Waals surface area contributed by atoms with Crippen LogP contribution in [-0.2, 0) is 12.7 Å². The van der Waals surface area contributed by atoms with Gasteiger partial charge in [-0.2, -0.15) is 13.2 Å². The second-order valence-electron chi connectivity index (χ2n) is 6.01. The van der Waals surface area contributed by atoms with Gasteiger partial charge in [0.2, 0.25) is 0 Å². The van der Waals surface area contributed by atoms with E-state index in [4.69, 9.17) is 0 Å². The van der Waals surface area contributed by atoms with E-state index < -0.39 is 11.7 Å². The Hall–Kier alpha value is -3.20. The van der Waals surface area contributed by atoms with E-state index in [0.29, 0.717) is 29.1 Å². The third-order valence-electron chi connectivity index (χ3n) is 4.14. The zero-order chi connectivity index (χ0) is 19.7. The summed E-state index contributed by atoms with van der Waals surface area (Å²) in [5.41, 5.74) is 0.622. The van der Waals surface area contributed by atoms with Gasteiger partial charge in [-0.15, -0.1) is 21.5 Å². The molecule has 3 heterocycles. The van der Waals surface area contributed by atoms with Crippen molar-refractivity contribution in [3.05, 3.63) is 76.1 Å². The molecule has 9 heteroatoms. The largest absolute Gasteiger partial charge is 0.416 e. The molecule has 4 rings (SSSR count). The van der Waals surface area contributed by atoms with Gasteiger partial charge in [0.1, 0.15) is 0 Å². The van der Waals surface area contributed by atoms with E-state index in [9.17, 15) is 18.0 Å². The lowest BCUT2D eigenvalue weighted by atomic mass is 10.1. The molecule has 0 saturated heterocycles. The average Bonchev–Trinajstić information content (AvgIpc) is 3.34. The molecule has 0 aliphatic carbocycles. The van der Waals surface area contributed by atoms with Crippen LogP contribution < -0.4 is 5.32 Å². The van der Waals surface area contributed by atoms with Gasteiger partial charge in [-0.3, -0.25) is 9.20 Å². The summed E-state index contributed by atoms with van der Waals surface area (Å²) in [6.45, 7) is 0.419. The number of nitrogens with zero attached hydrogens (tertiary/aromatic N) is 3. The van der Waals surface area contributed by atoms with E-state index >= 15 is 0 Å². The zero-order valence-electron chi connectivity index (χ0n) is 14.3. The number of fused-ring (bicyclic) bond motifs is 1. The lowest BCUT2D eigenvalue weighted by Gasteiger charge is -2.08. The van der Waals surface area contributed by atoms with Crippen molar-refractivity contribution in [2.24, 2.45) is 0 Å². The van der Waals surface area contributed by atoms with E-state index in [-0.39, 0.29) is 5.91 Å². The van der Waals surface area contributed by atoms with E-state index in [1.54, 1.807) is 34.1 Å². The highest BCUT2D eigenvalue weighted by Gasteiger charge is 2.30.